The van der Waals surface area contributed by atoms with Crippen LogP contribution in [0, 0.1) is 0 Å². The van der Waals surface area contributed by atoms with Crippen molar-refractivity contribution >= 4 is 45.1 Å². The molecule has 0 aliphatic carbocycles. The largest absolute Gasteiger partial charge is 0.452 e. The van der Waals surface area contributed by atoms with Crippen LogP contribution >= 0.6 is 11.3 Å². The van der Waals surface area contributed by atoms with E-state index in [0.29, 0.717) is 21.7 Å². The molecule has 0 saturated heterocycles. The van der Waals surface area contributed by atoms with Gasteiger partial charge in [0.2, 0.25) is 0 Å². The van der Waals surface area contributed by atoms with Crippen molar-refractivity contribution in [2.75, 3.05) is 5.32 Å². The average Bonchev–Trinajstić information content (AvgIpc) is 3.22. The minimum Gasteiger partial charge on any atom is -0.452 e. The number of carbonyl (C=O) groups excluding carboxylic acids is 3. The van der Waals surface area contributed by atoms with E-state index in [4.69, 9.17) is 15.0 Å². The maximum atomic E-state index is 12.2. The monoisotopic (exact) mass is 373 g/mol. The molecule has 3 N–H and O–H groups in total. The summed E-state index contributed by atoms with van der Waals surface area (Å²) in [6, 6.07) is 8.64. The van der Waals surface area contributed by atoms with Crippen LogP contribution in [-0.4, -0.2) is 29.0 Å². The highest BCUT2D eigenvalue weighted by Crippen LogP contribution is 2.23. The number of rotatable bonds is 6. The Morgan fingerprint density at radius 3 is 2.85 bits per heavy atom. The number of nitrogens with zero attached hydrogens (tertiary/aromatic N) is 1. The highest BCUT2D eigenvalue weighted by molar-refractivity contribution is 7.14. The van der Waals surface area contributed by atoms with Crippen molar-refractivity contribution in [1.29, 1.82) is 0 Å². The lowest BCUT2D eigenvalue weighted by Crippen LogP contribution is -2.31. The van der Waals surface area contributed by atoms with Crippen molar-refractivity contribution in [2.45, 2.75) is 19.4 Å². The number of aromatic nitrogens is 1. The predicted molar refractivity (Wildman–Crippen MR) is 94.7 cm³/mol. The molecule has 134 valence electrons. The van der Waals surface area contributed by atoms with E-state index >= 15 is 0 Å². The average molecular weight is 373 g/mol. The molecule has 0 aliphatic rings. The molecule has 2 amide bonds. The molecule has 3 aromatic rings. The van der Waals surface area contributed by atoms with E-state index < -0.39 is 23.9 Å². The van der Waals surface area contributed by atoms with Gasteiger partial charge < -0.3 is 20.3 Å². The first-order valence-corrected chi connectivity index (χ1v) is 8.54. The van der Waals surface area contributed by atoms with Crippen molar-refractivity contribution < 1.29 is 23.6 Å². The van der Waals surface area contributed by atoms with Crippen LogP contribution in [0.3, 0.4) is 0 Å². The van der Waals surface area contributed by atoms with Gasteiger partial charge in [-0.3, -0.25) is 14.4 Å². The van der Waals surface area contributed by atoms with Crippen molar-refractivity contribution in [3.05, 3.63) is 47.0 Å². The lowest BCUT2D eigenvalue weighted by atomic mass is 10.2. The van der Waals surface area contributed by atoms with E-state index in [1.807, 2.05) is 6.07 Å². The van der Waals surface area contributed by atoms with Gasteiger partial charge in [-0.25, -0.2) is 0 Å². The van der Waals surface area contributed by atoms with Crippen molar-refractivity contribution in [3.63, 3.8) is 0 Å². The molecule has 0 radical (unpaired) electrons. The fraction of sp³-hybridized carbons (Fsp3) is 0.176. The van der Waals surface area contributed by atoms with Gasteiger partial charge in [0.1, 0.15) is 10.7 Å². The second-order valence-electron chi connectivity index (χ2n) is 5.45. The van der Waals surface area contributed by atoms with Crippen LogP contribution in [0.2, 0.25) is 0 Å². The first-order valence-electron chi connectivity index (χ1n) is 7.66. The molecule has 8 nitrogen and oxygen atoms in total. The van der Waals surface area contributed by atoms with Gasteiger partial charge in [0, 0.05) is 5.39 Å². The highest BCUT2D eigenvalue weighted by Gasteiger charge is 2.22. The van der Waals surface area contributed by atoms with Gasteiger partial charge in [-0.2, -0.15) is 0 Å². The first kappa shape index (κ1) is 17.6. The molecule has 0 fully saturated rings. The molecule has 9 heteroatoms. The molecular formula is C17H15N3O5S. The lowest BCUT2D eigenvalue weighted by molar-refractivity contribution is -0.152. The summed E-state index contributed by atoms with van der Waals surface area (Å²) in [4.78, 5) is 35.5. The number of amides is 2. The van der Waals surface area contributed by atoms with Crippen LogP contribution in [0.1, 0.15) is 23.0 Å². The summed E-state index contributed by atoms with van der Waals surface area (Å²) in [5, 5.41) is 9.04. The van der Waals surface area contributed by atoms with Gasteiger partial charge in [0.15, 0.2) is 11.7 Å². The van der Waals surface area contributed by atoms with Gasteiger partial charge in [-0.15, -0.1) is 11.3 Å². The fourth-order valence-corrected chi connectivity index (χ4v) is 3.10. The van der Waals surface area contributed by atoms with E-state index in [2.05, 4.69) is 10.5 Å². The van der Waals surface area contributed by atoms with E-state index in [0.717, 1.165) is 11.3 Å². The number of para-hydroxylation sites is 1. The number of nitrogens with one attached hydrogen (secondary N) is 1. The van der Waals surface area contributed by atoms with Gasteiger partial charge in [-0.05, 0) is 30.5 Å². The first-order chi connectivity index (χ1) is 12.5. The second kappa shape index (κ2) is 7.36. The van der Waals surface area contributed by atoms with Crippen LogP contribution in [0.15, 0.2) is 40.2 Å². The molecule has 0 spiro atoms. The van der Waals surface area contributed by atoms with Gasteiger partial charge >= 0.3 is 5.97 Å². The Bertz CT molecular complexity index is 978. The molecule has 1 atom stereocenters. The number of fused-ring (bicyclic) bond motifs is 1. The smallest absolute Gasteiger partial charge is 0.312 e. The number of anilines is 1. The molecule has 0 saturated carbocycles. The maximum Gasteiger partial charge on any atom is 0.312 e. The Hall–Kier alpha value is -3.20. The number of esters is 1. The van der Waals surface area contributed by atoms with Crippen LogP contribution < -0.4 is 11.1 Å². The Morgan fingerprint density at radius 1 is 1.31 bits per heavy atom. The topological polar surface area (TPSA) is 125 Å². The molecule has 1 aromatic carbocycles. The molecular weight excluding hydrogens is 358 g/mol. The maximum absolute atomic E-state index is 12.2. The van der Waals surface area contributed by atoms with Gasteiger partial charge in [0.05, 0.1) is 12.0 Å². The Labute approximate surface area is 151 Å². The van der Waals surface area contributed by atoms with Crippen LogP contribution in [0.5, 0.6) is 0 Å². The minimum absolute atomic E-state index is 0.125. The van der Waals surface area contributed by atoms with Crippen molar-refractivity contribution in [1.82, 2.24) is 5.16 Å². The van der Waals surface area contributed by atoms with Gasteiger partial charge in [-0.1, -0.05) is 17.3 Å². The summed E-state index contributed by atoms with van der Waals surface area (Å²) < 4.78 is 10.3. The quantitative estimate of drug-likeness (QED) is 0.638. The number of carbonyl (C=O) groups is 3. The Morgan fingerprint density at radius 2 is 2.08 bits per heavy atom. The summed E-state index contributed by atoms with van der Waals surface area (Å²) in [6.45, 7) is 1.44. The molecule has 3 rings (SSSR count). The van der Waals surface area contributed by atoms with Crippen LogP contribution in [0.25, 0.3) is 11.0 Å². The molecule has 0 unspecified atom stereocenters. The third-order valence-corrected chi connectivity index (χ3v) is 4.44. The number of hydrogen-bond acceptors (Lipinski definition) is 7. The van der Waals surface area contributed by atoms with Crippen molar-refractivity contribution in [2.24, 2.45) is 5.73 Å². The van der Waals surface area contributed by atoms with Crippen molar-refractivity contribution in [3.8, 4) is 0 Å². The van der Waals surface area contributed by atoms with Crippen LogP contribution in [-0.2, 0) is 20.7 Å². The number of benzene rings is 1. The predicted octanol–water partition coefficient (Wildman–Crippen LogP) is 2.10. The molecule has 0 aliphatic heterocycles. The van der Waals surface area contributed by atoms with Gasteiger partial charge in [0.25, 0.3) is 11.8 Å². The second-order valence-corrected chi connectivity index (χ2v) is 6.37. The number of hydrogen-bond donors (Lipinski definition) is 2. The standard InChI is InChI=1S/C17H15N3O5S/c1-9(16(23)19-17-11(15(18)22)6-7-26-17)24-14(21)8-12-10-4-2-3-5-13(10)25-20-12/h2-7,9H,8H2,1H3,(H2,18,22)(H,19,23)/t9-/m1/s1. The zero-order valence-electron chi connectivity index (χ0n) is 13.7. The van der Waals surface area contributed by atoms with Crippen LogP contribution in [0.4, 0.5) is 5.00 Å². The SMILES string of the molecule is C[C@@H](OC(=O)Cc1noc2ccccc12)C(=O)Nc1sccc1C(N)=O. The lowest BCUT2D eigenvalue weighted by Gasteiger charge is -2.13. The molecule has 2 heterocycles. The third kappa shape index (κ3) is 3.72. The highest BCUT2D eigenvalue weighted by atomic mass is 32.1. The third-order valence-electron chi connectivity index (χ3n) is 3.61. The number of ether oxygens (including phenoxy) is 1. The number of nitrogens with two attached hydrogens (primary N) is 1. The molecule has 0 bridgehead atoms. The normalized spacial score (nSPS) is 11.9. The zero-order valence-corrected chi connectivity index (χ0v) is 14.5. The summed E-state index contributed by atoms with van der Waals surface area (Å²) >= 11 is 1.15. The van der Waals surface area contributed by atoms with E-state index in [1.165, 1.54) is 13.0 Å². The minimum atomic E-state index is -1.05. The summed E-state index contributed by atoms with van der Waals surface area (Å²) in [7, 11) is 0. The van der Waals surface area contributed by atoms with E-state index in [1.54, 1.807) is 23.6 Å². The Balaban J connectivity index is 1.61. The molecule has 2 aromatic heterocycles. The van der Waals surface area contributed by atoms with E-state index in [-0.39, 0.29) is 12.0 Å². The van der Waals surface area contributed by atoms with E-state index in [9.17, 15) is 14.4 Å². The summed E-state index contributed by atoms with van der Waals surface area (Å²) in [5.41, 5.74) is 6.44. The zero-order chi connectivity index (χ0) is 18.7. The fourth-order valence-electron chi connectivity index (χ4n) is 2.31. The Kier molecular flexibility index (Phi) is 4.99. The summed E-state index contributed by atoms with van der Waals surface area (Å²) in [6.07, 6.45) is -1.18. The number of thiophene rings is 1. The summed E-state index contributed by atoms with van der Waals surface area (Å²) in [5.74, 6) is -1.83. The molecule has 26 heavy (non-hydrogen) atoms. The number of primary amides is 1.